The van der Waals surface area contributed by atoms with Crippen molar-refractivity contribution >= 4 is 46.6 Å². The largest absolute Gasteiger partial charge is 0.484 e. The Kier molecular flexibility index (Phi) is 7.24. The zero-order valence-corrected chi connectivity index (χ0v) is 19.4. The highest BCUT2D eigenvalue weighted by atomic mass is 35.5. The first-order chi connectivity index (χ1) is 14.6. The third-order valence-electron chi connectivity index (χ3n) is 4.87. The minimum Gasteiger partial charge on any atom is -0.484 e. The zero-order chi connectivity index (χ0) is 22.6. The summed E-state index contributed by atoms with van der Waals surface area (Å²) in [6.07, 6.45) is 1.17. The molecule has 2 N–H and O–H groups in total. The van der Waals surface area contributed by atoms with Crippen molar-refractivity contribution in [2.45, 2.75) is 37.8 Å². The lowest BCUT2D eigenvalue weighted by Gasteiger charge is -2.53. The Morgan fingerprint density at radius 3 is 1.90 bits per heavy atom. The molecule has 0 saturated heterocycles. The third-order valence-corrected chi connectivity index (χ3v) is 5.84. The van der Waals surface area contributed by atoms with E-state index in [1.807, 2.05) is 13.8 Å². The molecule has 0 radical (unpaired) electrons. The summed E-state index contributed by atoms with van der Waals surface area (Å²) in [5.41, 5.74) is -0.866. The fourth-order valence-corrected chi connectivity index (χ4v) is 4.48. The highest BCUT2D eigenvalue weighted by Gasteiger charge is 2.50. The number of hydrogen-bond donors (Lipinski definition) is 2. The lowest BCUT2D eigenvalue weighted by atomic mass is 9.64. The van der Waals surface area contributed by atoms with E-state index in [1.165, 1.54) is 0 Å². The van der Waals surface area contributed by atoms with E-state index in [0.29, 0.717) is 39.4 Å². The molecule has 1 fully saturated rings. The van der Waals surface area contributed by atoms with E-state index in [4.69, 9.17) is 44.3 Å². The molecular formula is C22H23Cl3N2O4. The van der Waals surface area contributed by atoms with Crippen molar-refractivity contribution in [3.05, 3.63) is 57.5 Å². The molecule has 2 amide bonds. The summed E-state index contributed by atoms with van der Waals surface area (Å²) in [5, 5.41) is 7.24. The Bertz CT molecular complexity index is 977. The maximum absolute atomic E-state index is 12.3. The van der Waals surface area contributed by atoms with Crippen molar-refractivity contribution in [1.82, 2.24) is 10.6 Å². The van der Waals surface area contributed by atoms with Crippen LogP contribution in [-0.2, 0) is 9.59 Å². The van der Waals surface area contributed by atoms with Crippen LogP contribution in [0.1, 0.15) is 26.7 Å². The van der Waals surface area contributed by atoms with Crippen LogP contribution in [0, 0.1) is 0 Å². The SMILES string of the molecule is CC1(NC(=O)COc2cccc(Cl)c2)CC(C)(NC(=O)COc2ccc(Cl)c(Cl)c2)C1. The van der Waals surface area contributed by atoms with Gasteiger partial charge in [0.2, 0.25) is 0 Å². The zero-order valence-electron chi connectivity index (χ0n) is 17.1. The molecule has 1 aliphatic rings. The molecule has 2 aromatic rings. The second kappa shape index (κ2) is 9.55. The summed E-state index contributed by atoms with van der Waals surface area (Å²) >= 11 is 17.7. The third kappa shape index (κ3) is 6.66. The van der Waals surface area contributed by atoms with Gasteiger partial charge >= 0.3 is 0 Å². The minimum absolute atomic E-state index is 0.115. The first-order valence-corrected chi connectivity index (χ1v) is 10.8. The van der Waals surface area contributed by atoms with E-state index < -0.39 is 11.1 Å². The number of rotatable bonds is 8. The lowest BCUT2D eigenvalue weighted by Crippen LogP contribution is -2.69. The summed E-state index contributed by atoms with van der Waals surface area (Å²) in [7, 11) is 0. The summed E-state index contributed by atoms with van der Waals surface area (Å²) in [6, 6.07) is 11.7. The van der Waals surface area contributed by atoms with Gasteiger partial charge in [0.15, 0.2) is 13.2 Å². The molecule has 0 bridgehead atoms. The van der Waals surface area contributed by atoms with Crippen LogP contribution in [0.4, 0.5) is 0 Å². The van der Waals surface area contributed by atoms with Gasteiger partial charge in [0.1, 0.15) is 11.5 Å². The van der Waals surface area contributed by atoms with E-state index in [9.17, 15) is 9.59 Å². The van der Waals surface area contributed by atoms with Gasteiger partial charge in [-0.15, -0.1) is 0 Å². The van der Waals surface area contributed by atoms with Gasteiger partial charge in [0.05, 0.1) is 10.0 Å². The summed E-state index contributed by atoms with van der Waals surface area (Å²) in [6.45, 7) is 3.60. The number of carbonyl (C=O) groups is 2. The van der Waals surface area contributed by atoms with Crippen molar-refractivity contribution in [2.24, 2.45) is 0 Å². The second-order valence-electron chi connectivity index (χ2n) is 8.18. The Morgan fingerprint density at radius 1 is 0.839 bits per heavy atom. The molecule has 3 rings (SSSR count). The number of carbonyl (C=O) groups excluding carboxylic acids is 2. The van der Waals surface area contributed by atoms with Gasteiger partial charge < -0.3 is 20.1 Å². The number of nitrogens with one attached hydrogen (secondary N) is 2. The first kappa shape index (κ1) is 23.5. The predicted octanol–water partition coefficient (Wildman–Crippen LogP) is 4.65. The lowest BCUT2D eigenvalue weighted by molar-refractivity contribution is -0.129. The normalized spacial score (nSPS) is 22.2. The summed E-state index contributed by atoms with van der Waals surface area (Å²) in [4.78, 5) is 24.5. The first-order valence-electron chi connectivity index (χ1n) is 9.64. The van der Waals surface area contributed by atoms with Crippen LogP contribution >= 0.6 is 34.8 Å². The van der Waals surface area contributed by atoms with E-state index >= 15 is 0 Å². The Morgan fingerprint density at radius 2 is 1.39 bits per heavy atom. The van der Waals surface area contributed by atoms with Crippen molar-refractivity contribution in [3.8, 4) is 11.5 Å². The molecule has 1 saturated carbocycles. The molecule has 0 aliphatic heterocycles. The molecule has 0 spiro atoms. The summed E-state index contributed by atoms with van der Waals surface area (Å²) < 4.78 is 10.9. The van der Waals surface area contributed by atoms with E-state index in [-0.39, 0.29) is 25.0 Å². The maximum Gasteiger partial charge on any atom is 0.258 e. The van der Waals surface area contributed by atoms with Crippen molar-refractivity contribution in [3.63, 3.8) is 0 Å². The monoisotopic (exact) mass is 484 g/mol. The number of halogens is 3. The molecule has 1 aliphatic carbocycles. The quantitative estimate of drug-likeness (QED) is 0.571. The average Bonchev–Trinajstić information content (AvgIpc) is 2.66. The summed E-state index contributed by atoms with van der Waals surface area (Å²) in [5.74, 6) is 0.491. The number of amides is 2. The van der Waals surface area contributed by atoms with E-state index in [2.05, 4.69) is 10.6 Å². The molecular weight excluding hydrogens is 463 g/mol. The highest BCUT2D eigenvalue weighted by molar-refractivity contribution is 6.42. The van der Waals surface area contributed by atoms with Gasteiger partial charge in [0, 0.05) is 22.2 Å². The van der Waals surface area contributed by atoms with Crippen LogP contribution in [0.2, 0.25) is 15.1 Å². The van der Waals surface area contributed by atoms with Gasteiger partial charge in [-0.2, -0.15) is 0 Å². The fourth-order valence-electron chi connectivity index (χ4n) is 4.01. The standard InChI is InChI=1S/C22H23Cl3N2O4/c1-21(26-19(28)10-30-15-5-3-4-14(23)8-15)12-22(2,13-21)27-20(29)11-31-16-6-7-17(24)18(25)9-16/h3-9H,10-13H2,1-2H3,(H,26,28)(H,27,29). The molecule has 6 nitrogen and oxygen atoms in total. The predicted molar refractivity (Wildman–Crippen MR) is 121 cm³/mol. The van der Waals surface area contributed by atoms with Crippen LogP contribution in [0.3, 0.4) is 0 Å². The minimum atomic E-state index is -0.437. The molecule has 0 unspecified atom stereocenters. The smallest absolute Gasteiger partial charge is 0.258 e. The highest BCUT2D eigenvalue weighted by Crippen LogP contribution is 2.40. The van der Waals surface area contributed by atoms with Crippen molar-refractivity contribution in [2.75, 3.05) is 13.2 Å². The molecule has 31 heavy (non-hydrogen) atoms. The number of ether oxygens (including phenoxy) is 2. The van der Waals surface area contributed by atoms with Crippen LogP contribution in [-0.4, -0.2) is 36.1 Å². The van der Waals surface area contributed by atoms with E-state index in [1.54, 1.807) is 42.5 Å². The topological polar surface area (TPSA) is 76.7 Å². The van der Waals surface area contributed by atoms with Crippen LogP contribution < -0.4 is 20.1 Å². The molecule has 9 heteroatoms. The van der Waals surface area contributed by atoms with Gasteiger partial charge in [-0.3, -0.25) is 9.59 Å². The second-order valence-corrected chi connectivity index (χ2v) is 9.43. The van der Waals surface area contributed by atoms with Gasteiger partial charge in [-0.25, -0.2) is 0 Å². The molecule has 2 aromatic carbocycles. The number of benzene rings is 2. The Hall–Kier alpha value is -2.15. The van der Waals surface area contributed by atoms with Crippen LogP contribution in [0.15, 0.2) is 42.5 Å². The molecule has 0 heterocycles. The Balaban J connectivity index is 1.41. The average molecular weight is 486 g/mol. The van der Waals surface area contributed by atoms with Gasteiger partial charge in [0.25, 0.3) is 11.8 Å². The van der Waals surface area contributed by atoms with Crippen LogP contribution in [0.5, 0.6) is 11.5 Å². The van der Waals surface area contributed by atoms with E-state index in [0.717, 1.165) is 0 Å². The number of hydrogen-bond acceptors (Lipinski definition) is 4. The molecule has 166 valence electrons. The maximum atomic E-state index is 12.3. The van der Waals surface area contributed by atoms with Gasteiger partial charge in [-0.1, -0.05) is 40.9 Å². The Labute approximate surface area is 196 Å². The van der Waals surface area contributed by atoms with Gasteiger partial charge in [-0.05, 0) is 57.0 Å². The van der Waals surface area contributed by atoms with Crippen LogP contribution in [0.25, 0.3) is 0 Å². The van der Waals surface area contributed by atoms with Crippen molar-refractivity contribution in [1.29, 1.82) is 0 Å². The molecule has 0 atom stereocenters. The fraction of sp³-hybridized carbons (Fsp3) is 0.364. The molecule has 0 aromatic heterocycles. The van der Waals surface area contributed by atoms with Crippen molar-refractivity contribution < 1.29 is 19.1 Å².